The van der Waals surface area contributed by atoms with Crippen molar-refractivity contribution in [1.29, 1.82) is 0 Å². The van der Waals surface area contributed by atoms with Gasteiger partial charge < -0.3 is 15.8 Å². The Balaban J connectivity index is 1.77. The first-order valence-corrected chi connectivity index (χ1v) is 7.37. The lowest BCUT2D eigenvalue weighted by atomic mass is 9.96. The minimum Gasteiger partial charge on any atom is -0.492 e. The van der Waals surface area contributed by atoms with Gasteiger partial charge in [0.2, 0.25) is 0 Å². The van der Waals surface area contributed by atoms with E-state index in [2.05, 4.69) is 28.2 Å². The van der Waals surface area contributed by atoms with Crippen LogP contribution in [0.25, 0.3) is 0 Å². The van der Waals surface area contributed by atoms with Gasteiger partial charge in [-0.15, -0.1) is 0 Å². The standard InChI is InChI=1S/C14H20BrFN2O/c1-14(9-17,10-2-3-10)18-4-5-19-13-7-11(15)6-12(16)8-13/h6-8,10,18H,2-5,9,17H2,1H3. The topological polar surface area (TPSA) is 47.3 Å². The molecular weight excluding hydrogens is 311 g/mol. The summed E-state index contributed by atoms with van der Waals surface area (Å²) in [5.41, 5.74) is 5.83. The monoisotopic (exact) mass is 330 g/mol. The molecule has 1 aromatic carbocycles. The Labute approximate surface area is 121 Å². The number of nitrogens with one attached hydrogen (secondary N) is 1. The number of nitrogens with two attached hydrogens (primary N) is 1. The molecule has 0 heterocycles. The Bertz CT molecular complexity index is 419. The van der Waals surface area contributed by atoms with Crippen molar-refractivity contribution in [3.05, 3.63) is 28.5 Å². The quantitative estimate of drug-likeness (QED) is 0.755. The number of hydrogen-bond donors (Lipinski definition) is 2. The normalized spacial score (nSPS) is 18.1. The van der Waals surface area contributed by atoms with Gasteiger partial charge in [0.05, 0.1) is 0 Å². The second-order valence-corrected chi connectivity index (χ2v) is 6.19. The molecule has 0 bridgehead atoms. The molecule has 0 aliphatic heterocycles. The summed E-state index contributed by atoms with van der Waals surface area (Å²) in [6, 6.07) is 4.55. The van der Waals surface area contributed by atoms with Crippen LogP contribution in [0.2, 0.25) is 0 Å². The van der Waals surface area contributed by atoms with Gasteiger partial charge in [-0.05, 0) is 37.8 Å². The summed E-state index contributed by atoms with van der Waals surface area (Å²) in [5.74, 6) is 0.914. The highest BCUT2D eigenvalue weighted by atomic mass is 79.9. The molecule has 0 amide bonds. The summed E-state index contributed by atoms with van der Waals surface area (Å²) in [5, 5.41) is 3.45. The fraction of sp³-hybridized carbons (Fsp3) is 0.571. The molecule has 1 atom stereocenters. The molecule has 1 saturated carbocycles. The van der Waals surface area contributed by atoms with Crippen molar-refractivity contribution in [1.82, 2.24) is 5.32 Å². The number of halogens is 2. The molecule has 1 fully saturated rings. The molecule has 2 rings (SSSR count). The molecule has 3 N–H and O–H groups in total. The van der Waals surface area contributed by atoms with E-state index >= 15 is 0 Å². The largest absolute Gasteiger partial charge is 0.492 e. The molecule has 1 unspecified atom stereocenters. The molecule has 1 aromatic rings. The van der Waals surface area contributed by atoms with E-state index in [4.69, 9.17) is 10.5 Å². The van der Waals surface area contributed by atoms with Crippen molar-refractivity contribution in [3.8, 4) is 5.75 Å². The highest BCUT2D eigenvalue weighted by Crippen LogP contribution is 2.38. The highest BCUT2D eigenvalue weighted by Gasteiger charge is 2.39. The zero-order valence-electron chi connectivity index (χ0n) is 11.1. The molecule has 1 aliphatic carbocycles. The SMILES string of the molecule is CC(CN)(NCCOc1cc(F)cc(Br)c1)C1CC1. The maximum atomic E-state index is 13.2. The fourth-order valence-corrected chi connectivity index (χ4v) is 2.67. The van der Waals surface area contributed by atoms with Crippen molar-refractivity contribution in [2.75, 3.05) is 19.7 Å². The van der Waals surface area contributed by atoms with Crippen LogP contribution < -0.4 is 15.8 Å². The van der Waals surface area contributed by atoms with Gasteiger partial charge in [0.15, 0.2) is 0 Å². The zero-order valence-corrected chi connectivity index (χ0v) is 12.7. The molecular formula is C14H20BrFN2O. The minimum absolute atomic E-state index is 0.00583. The lowest BCUT2D eigenvalue weighted by Gasteiger charge is -2.29. The third-order valence-corrected chi connectivity index (χ3v) is 4.10. The van der Waals surface area contributed by atoms with E-state index in [1.54, 1.807) is 6.07 Å². The molecule has 0 radical (unpaired) electrons. The molecule has 0 aromatic heterocycles. The molecule has 5 heteroatoms. The van der Waals surface area contributed by atoms with Gasteiger partial charge in [-0.2, -0.15) is 0 Å². The third kappa shape index (κ3) is 4.16. The van der Waals surface area contributed by atoms with Crippen molar-refractivity contribution in [3.63, 3.8) is 0 Å². The van der Waals surface area contributed by atoms with E-state index in [1.165, 1.54) is 25.0 Å². The maximum Gasteiger partial charge on any atom is 0.128 e. The average molecular weight is 331 g/mol. The van der Waals surface area contributed by atoms with Gasteiger partial charge in [0.25, 0.3) is 0 Å². The van der Waals surface area contributed by atoms with Crippen LogP contribution in [0.4, 0.5) is 4.39 Å². The average Bonchev–Trinajstić information content (AvgIpc) is 3.17. The second kappa shape index (κ2) is 6.20. The van der Waals surface area contributed by atoms with E-state index in [9.17, 15) is 4.39 Å². The smallest absolute Gasteiger partial charge is 0.128 e. The van der Waals surface area contributed by atoms with Crippen LogP contribution in [0.5, 0.6) is 5.75 Å². The molecule has 0 saturated heterocycles. The highest BCUT2D eigenvalue weighted by molar-refractivity contribution is 9.10. The number of rotatable bonds is 7. The van der Waals surface area contributed by atoms with Gasteiger partial charge in [-0.1, -0.05) is 15.9 Å². The molecule has 106 valence electrons. The summed E-state index contributed by atoms with van der Waals surface area (Å²) in [4.78, 5) is 0. The van der Waals surface area contributed by atoms with E-state index in [-0.39, 0.29) is 11.4 Å². The van der Waals surface area contributed by atoms with Crippen molar-refractivity contribution < 1.29 is 9.13 Å². The summed E-state index contributed by atoms with van der Waals surface area (Å²) >= 11 is 3.24. The Kier molecular flexibility index (Phi) is 4.81. The minimum atomic E-state index is -0.304. The fourth-order valence-electron chi connectivity index (χ4n) is 2.22. The predicted molar refractivity (Wildman–Crippen MR) is 77.8 cm³/mol. The zero-order chi connectivity index (χ0) is 13.9. The summed E-state index contributed by atoms with van der Waals surface area (Å²) in [6.45, 7) is 3.99. The van der Waals surface area contributed by atoms with E-state index in [0.717, 1.165) is 0 Å². The van der Waals surface area contributed by atoms with Crippen molar-refractivity contribution in [2.24, 2.45) is 11.7 Å². The first-order chi connectivity index (χ1) is 9.03. The lowest BCUT2D eigenvalue weighted by Crippen LogP contribution is -2.51. The van der Waals surface area contributed by atoms with E-state index < -0.39 is 0 Å². The summed E-state index contributed by atoms with van der Waals surface area (Å²) < 4.78 is 19.4. The van der Waals surface area contributed by atoms with E-state index in [0.29, 0.717) is 35.8 Å². The summed E-state index contributed by atoms with van der Waals surface area (Å²) in [6.07, 6.45) is 2.50. The van der Waals surface area contributed by atoms with Gasteiger partial charge in [-0.25, -0.2) is 4.39 Å². The molecule has 0 spiro atoms. The van der Waals surface area contributed by atoms with Crippen LogP contribution in [0, 0.1) is 11.7 Å². The molecule has 3 nitrogen and oxygen atoms in total. The van der Waals surface area contributed by atoms with Gasteiger partial charge >= 0.3 is 0 Å². The first kappa shape index (κ1) is 14.8. The van der Waals surface area contributed by atoms with Crippen molar-refractivity contribution in [2.45, 2.75) is 25.3 Å². The Hall–Kier alpha value is -0.650. The van der Waals surface area contributed by atoms with E-state index in [1.807, 2.05) is 0 Å². The van der Waals surface area contributed by atoms with Gasteiger partial charge in [0.1, 0.15) is 18.2 Å². The van der Waals surface area contributed by atoms with Crippen LogP contribution in [0.1, 0.15) is 19.8 Å². The van der Waals surface area contributed by atoms with Gasteiger partial charge in [0, 0.05) is 29.2 Å². The van der Waals surface area contributed by atoms with Crippen LogP contribution >= 0.6 is 15.9 Å². The van der Waals surface area contributed by atoms with Crippen LogP contribution in [0.15, 0.2) is 22.7 Å². The number of ether oxygens (including phenoxy) is 1. The van der Waals surface area contributed by atoms with Crippen LogP contribution in [-0.4, -0.2) is 25.2 Å². The Morgan fingerprint density at radius 1 is 1.47 bits per heavy atom. The Morgan fingerprint density at radius 3 is 2.79 bits per heavy atom. The van der Waals surface area contributed by atoms with Crippen molar-refractivity contribution >= 4 is 15.9 Å². The lowest BCUT2D eigenvalue weighted by molar-refractivity contribution is 0.261. The first-order valence-electron chi connectivity index (χ1n) is 6.57. The predicted octanol–water partition coefficient (Wildman–Crippen LogP) is 2.68. The third-order valence-electron chi connectivity index (χ3n) is 3.64. The molecule has 1 aliphatic rings. The second-order valence-electron chi connectivity index (χ2n) is 5.28. The summed E-state index contributed by atoms with van der Waals surface area (Å²) in [7, 11) is 0. The number of benzene rings is 1. The maximum absolute atomic E-state index is 13.2. The van der Waals surface area contributed by atoms with Gasteiger partial charge in [-0.3, -0.25) is 0 Å². The Morgan fingerprint density at radius 2 is 2.21 bits per heavy atom. The molecule has 19 heavy (non-hydrogen) atoms. The van der Waals surface area contributed by atoms with Crippen LogP contribution in [0.3, 0.4) is 0 Å². The number of hydrogen-bond acceptors (Lipinski definition) is 3. The van der Waals surface area contributed by atoms with Crippen LogP contribution in [-0.2, 0) is 0 Å².